The van der Waals surface area contributed by atoms with E-state index in [1.165, 1.54) is 19.4 Å². The molecular formula is C12H26N2. The number of nitrogens with one attached hydrogen (secondary N) is 1. The quantitative estimate of drug-likeness (QED) is 0.732. The zero-order valence-electron chi connectivity index (χ0n) is 10.5. The van der Waals surface area contributed by atoms with Crippen molar-refractivity contribution in [3.8, 4) is 0 Å². The molecule has 1 saturated heterocycles. The Hall–Kier alpha value is -0.0800. The molecule has 0 radical (unpaired) electrons. The number of nitrogens with zero attached hydrogens (tertiary/aromatic N) is 1. The molecule has 2 nitrogen and oxygen atoms in total. The molecular weight excluding hydrogens is 172 g/mol. The molecule has 1 aliphatic rings. The maximum Gasteiger partial charge on any atom is 0.0252 e. The van der Waals surface area contributed by atoms with Gasteiger partial charge in [-0.2, -0.15) is 0 Å². The van der Waals surface area contributed by atoms with Gasteiger partial charge in [0.05, 0.1) is 0 Å². The normalized spacial score (nSPS) is 27.2. The third-order valence-electron chi connectivity index (χ3n) is 3.28. The lowest BCUT2D eigenvalue weighted by atomic mass is 9.97. The zero-order chi connectivity index (χ0) is 10.8. The van der Waals surface area contributed by atoms with Crippen LogP contribution in [-0.2, 0) is 0 Å². The summed E-state index contributed by atoms with van der Waals surface area (Å²) >= 11 is 0. The lowest BCUT2D eigenvalue weighted by Gasteiger charge is -2.39. The molecule has 0 aromatic heterocycles. The average Bonchev–Trinajstić information content (AvgIpc) is 2.10. The third kappa shape index (κ3) is 2.96. The van der Waals surface area contributed by atoms with Crippen molar-refractivity contribution in [1.29, 1.82) is 0 Å². The highest BCUT2D eigenvalue weighted by molar-refractivity contribution is 4.93. The summed E-state index contributed by atoms with van der Waals surface area (Å²) in [4.78, 5) is 2.63. The van der Waals surface area contributed by atoms with E-state index in [-0.39, 0.29) is 5.54 Å². The van der Waals surface area contributed by atoms with Crippen LogP contribution in [0.4, 0.5) is 0 Å². The maximum absolute atomic E-state index is 3.62. The molecule has 0 aromatic carbocycles. The van der Waals surface area contributed by atoms with Crippen molar-refractivity contribution in [3.63, 3.8) is 0 Å². The van der Waals surface area contributed by atoms with Gasteiger partial charge >= 0.3 is 0 Å². The molecule has 0 saturated carbocycles. The summed E-state index contributed by atoms with van der Waals surface area (Å²) in [6, 6.07) is 0. The summed E-state index contributed by atoms with van der Waals surface area (Å²) < 4.78 is 0. The minimum Gasteiger partial charge on any atom is -0.310 e. The Morgan fingerprint density at radius 1 is 1.21 bits per heavy atom. The predicted octanol–water partition coefficient (Wildman–Crippen LogP) is 2.25. The molecule has 14 heavy (non-hydrogen) atoms. The molecule has 0 spiro atoms. The van der Waals surface area contributed by atoms with Crippen LogP contribution in [0.1, 0.15) is 47.5 Å². The standard InChI is InChI=1S/C12H26N2/c1-6-9-14-10-11(2,3)13-8-7-12(14,4)5/h13H,6-10H2,1-5H3. The second-order valence-electron chi connectivity index (χ2n) is 5.79. The lowest BCUT2D eigenvalue weighted by Crippen LogP contribution is -2.50. The van der Waals surface area contributed by atoms with Crippen molar-refractivity contribution in [1.82, 2.24) is 10.2 Å². The Morgan fingerprint density at radius 3 is 2.43 bits per heavy atom. The van der Waals surface area contributed by atoms with Gasteiger partial charge in [-0.25, -0.2) is 0 Å². The minimum absolute atomic E-state index is 0.267. The van der Waals surface area contributed by atoms with Gasteiger partial charge in [0.25, 0.3) is 0 Å². The van der Waals surface area contributed by atoms with Crippen LogP contribution in [0.2, 0.25) is 0 Å². The number of rotatable bonds is 2. The van der Waals surface area contributed by atoms with Crippen molar-refractivity contribution >= 4 is 0 Å². The van der Waals surface area contributed by atoms with E-state index < -0.39 is 0 Å². The van der Waals surface area contributed by atoms with Crippen LogP contribution < -0.4 is 5.32 Å². The predicted molar refractivity (Wildman–Crippen MR) is 62.6 cm³/mol. The molecule has 84 valence electrons. The third-order valence-corrected chi connectivity index (χ3v) is 3.28. The van der Waals surface area contributed by atoms with Crippen LogP contribution in [0, 0.1) is 0 Å². The van der Waals surface area contributed by atoms with Crippen molar-refractivity contribution < 1.29 is 0 Å². The fourth-order valence-electron chi connectivity index (χ4n) is 2.26. The Kier molecular flexibility index (Phi) is 3.59. The SMILES string of the molecule is CCCN1CC(C)(C)NCCC1(C)C. The molecule has 0 unspecified atom stereocenters. The summed E-state index contributed by atoms with van der Waals surface area (Å²) in [6.07, 6.45) is 2.50. The van der Waals surface area contributed by atoms with Crippen molar-refractivity contribution in [2.45, 2.75) is 58.5 Å². The number of hydrogen-bond donors (Lipinski definition) is 1. The van der Waals surface area contributed by atoms with E-state index in [0.717, 1.165) is 13.1 Å². The first-order valence-corrected chi connectivity index (χ1v) is 5.87. The fraction of sp³-hybridized carbons (Fsp3) is 1.00. The smallest absolute Gasteiger partial charge is 0.0252 e. The van der Waals surface area contributed by atoms with Gasteiger partial charge in [0.1, 0.15) is 0 Å². The molecule has 0 aromatic rings. The van der Waals surface area contributed by atoms with E-state index in [1.54, 1.807) is 0 Å². The van der Waals surface area contributed by atoms with Crippen LogP contribution >= 0.6 is 0 Å². The van der Waals surface area contributed by atoms with E-state index in [2.05, 4.69) is 44.8 Å². The van der Waals surface area contributed by atoms with Gasteiger partial charge in [-0.3, -0.25) is 4.90 Å². The van der Waals surface area contributed by atoms with Gasteiger partial charge in [0.15, 0.2) is 0 Å². The summed E-state index contributed by atoms with van der Waals surface area (Å²) in [6.45, 7) is 15.1. The Balaban J connectivity index is 2.72. The van der Waals surface area contributed by atoms with E-state index >= 15 is 0 Å². The van der Waals surface area contributed by atoms with Crippen molar-refractivity contribution in [3.05, 3.63) is 0 Å². The average molecular weight is 198 g/mol. The van der Waals surface area contributed by atoms with Crippen molar-refractivity contribution in [2.24, 2.45) is 0 Å². The van der Waals surface area contributed by atoms with Gasteiger partial charge in [-0.1, -0.05) is 6.92 Å². The van der Waals surface area contributed by atoms with Gasteiger partial charge in [-0.15, -0.1) is 0 Å². The summed E-state index contributed by atoms with van der Waals surface area (Å²) in [5.74, 6) is 0. The molecule has 2 heteroatoms. The molecule has 0 amide bonds. The van der Waals surface area contributed by atoms with Crippen LogP contribution in [-0.4, -0.2) is 35.6 Å². The molecule has 1 fully saturated rings. The van der Waals surface area contributed by atoms with Crippen LogP contribution in [0.15, 0.2) is 0 Å². The summed E-state index contributed by atoms with van der Waals surface area (Å²) in [5.41, 5.74) is 0.625. The Morgan fingerprint density at radius 2 is 1.86 bits per heavy atom. The van der Waals surface area contributed by atoms with E-state index in [1.807, 2.05) is 0 Å². The van der Waals surface area contributed by atoms with Gasteiger partial charge < -0.3 is 5.32 Å². The number of hydrogen-bond acceptors (Lipinski definition) is 2. The first-order chi connectivity index (χ1) is 6.37. The second-order valence-corrected chi connectivity index (χ2v) is 5.79. The van der Waals surface area contributed by atoms with Crippen LogP contribution in [0.5, 0.6) is 0 Å². The summed E-state index contributed by atoms with van der Waals surface area (Å²) in [5, 5.41) is 3.62. The molecule has 0 bridgehead atoms. The molecule has 1 aliphatic heterocycles. The fourth-order valence-corrected chi connectivity index (χ4v) is 2.26. The van der Waals surface area contributed by atoms with Crippen molar-refractivity contribution in [2.75, 3.05) is 19.6 Å². The molecule has 1 rings (SSSR count). The molecule has 0 atom stereocenters. The van der Waals surface area contributed by atoms with E-state index in [9.17, 15) is 0 Å². The van der Waals surface area contributed by atoms with Crippen LogP contribution in [0.3, 0.4) is 0 Å². The second kappa shape index (κ2) is 4.19. The lowest BCUT2D eigenvalue weighted by molar-refractivity contribution is 0.107. The Bertz CT molecular complexity index is 185. The van der Waals surface area contributed by atoms with Gasteiger partial charge in [0, 0.05) is 17.6 Å². The highest BCUT2D eigenvalue weighted by atomic mass is 15.2. The highest BCUT2D eigenvalue weighted by Gasteiger charge is 2.33. The zero-order valence-corrected chi connectivity index (χ0v) is 10.5. The topological polar surface area (TPSA) is 15.3 Å². The van der Waals surface area contributed by atoms with Crippen LogP contribution in [0.25, 0.3) is 0 Å². The maximum atomic E-state index is 3.62. The highest BCUT2D eigenvalue weighted by Crippen LogP contribution is 2.24. The molecule has 0 aliphatic carbocycles. The minimum atomic E-state index is 0.267. The molecule has 1 heterocycles. The van der Waals surface area contributed by atoms with E-state index in [0.29, 0.717) is 5.54 Å². The first kappa shape index (κ1) is 12.0. The van der Waals surface area contributed by atoms with Gasteiger partial charge in [0.2, 0.25) is 0 Å². The monoisotopic (exact) mass is 198 g/mol. The first-order valence-electron chi connectivity index (χ1n) is 5.87. The summed E-state index contributed by atoms with van der Waals surface area (Å²) in [7, 11) is 0. The van der Waals surface area contributed by atoms with E-state index in [4.69, 9.17) is 0 Å². The largest absolute Gasteiger partial charge is 0.310 e. The van der Waals surface area contributed by atoms with Gasteiger partial charge in [-0.05, 0) is 53.6 Å². The molecule has 1 N–H and O–H groups in total. The Labute approximate surface area is 89.1 Å².